The summed E-state index contributed by atoms with van der Waals surface area (Å²) in [5.41, 5.74) is 0. The van der Waals surface area contributed by atoms with E-state index in [0.717, 1.165) is 25.7 Å². The third-order valence-electron chi connectivity index (χ3n) is 3.86. The maximum absolute atomic E-state index is 12.1. The first-order chi connectivity index (χ1) is 8.65. The van der Waals surface area contributed by atoms with Gasteiger partial charge in [-0.05, 0) is 32.6 Å². The number of carbonyl (C=O) groups is 1. The summed E-state index contributed by atoms with van der Waals surface area (Å²) in [4.78, 5) is 14.0. The van der Waals surface area contributed by atoms with Crippen LogP contribution in [0.15, 0.2) is 0 Å². The van der Waals surface area contributed by atoms with Gasteiger partial charge in [0.15, 0.2) is 0 Å². The predicted molar refractivity (Wildman–Crippen MR) is 73.6 cm³/mol. The lowest BCUT2D eigenvalue weighted by Crippen LogP contribution is -2.46. The van der Waals surface area contributed by atoms with Gasteiger partial charge in [0.2, 0.25) is 0 Å². The Labute approximate surface area is 111 Å². The number of nitrogens with zero attached hydrogens (tertiary/aromatic N) is 1. The van der Waals surface area contributed by atoms with Gasteiger partial charge in [-0.1, -0.05) is 25.7 Å². The van der Waals surface area contributed by atoms with E-state index in [1.54, 1.807) is 0 Å². The van der Waals surface area contributed by atoms with Crippen molar-refractivity contribution in [1.29, 1.82) is 0 Å². The average Bonchev–Trinajstić information content (AvgIpc) is 2.64. The van der Waals surface area contributed by atoms with Gasteiger partial charge in [-0.15, -0.1) is 0 Å². The van der Waals surface area contributed by atoms with E-state index in [0.29, 0.717) is 6.04 Å². The molecule has 0 aromatic rings. The molecule has 2 amide bonds. The number of hydrogen-bond donors (Lipinski definition) is 2. The summed E-state index contributed by atoms with van der Waals surface area (Å²) in [6, 6.07) is 0.572. The summed E-state index contributed by atoms with van der Waals surface area (Å²) in [6.07, 6.45) is 8.93. The van der Waals surface area contributed by atoms with Crippen molar-refractivity contribution in [3.63, 3.8) is 0 Å². The minimum Gasteiger partial charge on any atom is -0.396 e. The summed E-state index contributed by atoms with van der Waals surface area (Å²) < 4.78 is 0. The van der Waals surface area contributed by atoms with Crippen molar-refractivity contribution in [3.05, 3.63) is 0 Å². The van der Waals surface area contributed by atoms with E-state index in [9.17, 15) is 4.79 Å². The fraction of sp³-hybridized carbons (Fsp3) is 0.929. The third kappa shape index (κ3) is 5.25. The highest BCUT2D eigenvalue weighted by Gasteiger charge is 2.21. The Morgan fingerprint density at radius 3 is 2.50 bits per heavy atom. The molecule has 106 valence electrons. The van der Waals surface area contributed by atoms with Gasteiger partial charge in [0.25, 0.3) is 0 Å². The molecular formula is C14H28N2O2. The molecule has 1 saturated carbocycles. The molecular weight excluding hydrogens is 228 g/mol. The van der Waals surface area contributed by atoms with E-state index >= 15 is 0 Å². The zero-order chi connectivity index (χ0) is 13.4. The van der Waals surface area contributed by atoms with Crippen molar-refractivity contribution in [2.45, 2.75) is 70.4 Å². The molecule has 0 aliphatic heterocycles. The van der Waals surface area contributed by atoms with E-state index in [1.165, 1.54) is 25.7 Å². The number of aliphatic hydroxyl groups excluding tert-OH is 1. The largest absolute Gasteiger partial charge is 0.396 e. The Hall–Kier alpha value is -0.770. The fourth-order valence-electron chi connectivity index (χ4n) is 2.59. The molecule has 1 aliphatic carbocycles. The number of urea groups is 1. The first kappa shape index (κ1) is 15.3. The van der Waals surface area contributed by atoms with Crippen molar-refractivity contribution in [2.75, 3.05) is 13.7 Å². The molecule has 1 rings (SSSR count). The number of aliphatic hydroxyl groups is 1. The van der Waals surface area contributed by atoms with Crippen LogP contribution in [0, 0.1) is 0 Å². The van der Waals surface area contributed by atoms with Crippen LogP contribution in [-0.2, 0) is 0 Å². The minimum atomic E-state index is 0.0346. The molecule has 0 radical (unpaired) electrons. The number of hydrogen-bond acceptors (Lipinski definition) is 2. The molecule has 0 aromatic carbocycles. The zero-order valence-electron chi connectivity index (χ0n) is 11.8. The molecule has 1 fully saturated rings. The Morgan fingerprint density at radius 2 is 1.94 bits per heavy atom. The summed E-state index contributed by atoms with van der Waals surface area (Å²) in [5, 5.41) is 11.8. The van der Waals surface area contributed by atoms with E-state index in [2.05, 4.69) is 5.32 Å². The second-order valence-corrected chi connectivity index (χ2v) is 5.47. The van der Waals surface area contributed by atoms with Crippen LogP contribution in [0.1, 0.15) is 58.3 Å². The lowest BCUT2D eigenvalue weighted by atomic mass is 10.1. The first-order valence-electron chi connectivity index (χ1n) is 7.29. The predicted octanol–water partition coefficient (Wildman–Crippen LogP) is 2.51. The van der Waals surface area contributed by atoms with Gasteiger partial charge in [-0.25, -0.2) is 4.79 Å². The molecule has 2 N–H and O–H groups in total. The summed E-state index contributed by atoms with van der Waals surface area (Å²) >= 11 is 0. The van der Waals surface area contributed by atoms with Gasteiger partial charge in [-0.2, -0.15) is 0 Å². The van der Waals surface area contributed by atoms with Crippen LogP contribution in [-0.4, -0.2) is 41.8 Å². The van der Waals surface area contributed by atoms with E-state index in [4.69, 9.17) is 5.11 Å². The number of rotatable bonds is 5. The van der Waals surface area contributed by atoms with Crippen LogP contribution in [0.3, 0.4) is 0 Å². The molecule has 0 bridgehead atoms. The number of amides is 2. The second kappa shape index (κ2) is 8.35. The summed E-state index contributed by atoms with van der Waals surface area (Å²) in [7, 11) is 1.91. The maximum Gasteiger partial charge on any atom is 0.317 e. The van der Waals surface area contributed by atoms with Gasteiger partial charge < -0.3 is 15.3 Å². The average molecular weight is 256 g/mol. The second-order valence-electron chi connectivity index (χ2n) is 5.47. The Balaban J connectivity index is 2.34. The summed E-state index contributed by atoms with van der Waals surface area (Å²) in [6.45, 7) is 2.19. The van der Waals surface area contributed by atoms with Gasteiger partial charge in [0.05, 0.1) is 0 Å². The maximum atomic E-state index is 12.1. The lowest BCUT2D eigenvalue weighted by molar-refractivity contribution is 0.179. The highest BCUT2D eigenvalue weighted by molar-refractivity contribution is 5.74. The van der Waals surface area contributed by atoms with Crippen LogP contribution < -0.4 is 5.32 Å². The smallest absolute Gasteiger partial charge is 0.317 e. The van der Waals surface area contributed by atoms with Crippen molar-refractivity contribution in [2.24, 2.45) is 0 Å². The van der Waals surface area contributed by atoms with E-state index in [1.807, 2.05) is 18.9 Å². The first-order valence-corrected chi connectivity index (χ1v) is 7.29. The SMILES string of the molecule is CC(CCCO)NC(=O)N(C)C1CCCCCC1. The van der Waals surface area contributed by atoms with Crippen molar-refractivity contribution >= 4 is 6.03 Å². The fourth-order valence-corrected chi connectivity index (χ4v) is 2.59. The quantitative estimate of drug-likeness (QED) is 0.743. The van der Waals surface area contributed by atoms with Gasteiger partial charge in [0, 0.05) is 25.7 Å². The van der Waals surface area contributed by atoms with Crippen molar-refractivity contribution < 1.29 is 9.90 Å². The molecule has 0 spiro atoms. The lowest BCUT2D eigenvalue weighted by Gasteiger charge is -2.28. The summed E-state index contributed by atoms with van der Waals surface area (Å²) in [5.74, 6) is 0. The van der Waals surface area contributed by atoms with Crippen molar-refractivity contribution in [1.82, 2.24) is 10.2 Å². The van der Waals surface area contributed by atoms with Crippen LogP contribution in [0.4, 0.5) is 4.79 Å². The van der Waals surface area contributed by atoms with Gasteiger partial charge in [0.1, 0.15) is 0 Å². The van der Waals surface area contributed by atoms with Crippen LogP contribution in [0.25, 0.3) is 0 Å². The molecule has 1 atom stereocenters. The molecule has 0 saturated heterocycles. The van der Waals surface area contributed by atoms with E-state index in [-0.39, 0.29) is 18.7 Å². The monoisotopic (exact) mass is 256 g/mol. The standard InChI is InChI=1S/C14H28N2O2/c1-12(8-7-11-17)15-14(18)16(2)13-9-5-3-4-6-10-13/h12-13,17H,3-11H2,1-2H3,(H,15,18). The molecule has 0 heterocycles. The highest BCUT2D eigenvalue weighted by atomic mass is 16.3. The van der Waals surface area contributed by atoms with Crippen LogP contribution in [0.2, 0.25) is 0 Å². The minimum absolute atomic E-state index is 0.0346. The molecule has 0 aromatic heterocycles. The van der Waals surface area contributed by atoms with Gasteiger partial charge >= 0.3 is 6.03 Å². The zero-order valence-corrected chi connectivity index (χ0v) is 11.8. The normalized spacial score (nSPS) is 19.1. The molecule has 1 unspecified atom stereocenters. The Morgan fingerprint density at radius 1 is 1.33 bits per heavy atom. The Kier molecular flexibility index (Phi) is 7.09. The third-order valence-corrected chi connectivity index (χ3v) is 3.86. The highest BCUT2D eigenvalue weighted by Crippen LogP contribution is 2.21. The molecule has 4 heteroatoms. The van der Waals surface area contributed by atoms with Crippen molar-refractivity contribution in [3.8, 4) is 0 Å². The molecule has 4 nitrogen and oxygen atoms in total. The molecule has 1 aliphatic rings. The Bertz CT molecular complexity index is 238. The van der Waals surface area contributed by atoms with E-state index < -0.39 is 0 Å². The molecule has 18 heavy (non-hydrogen) atoms. The van der Waals surface area contributed by atoms with Crippen LogP contribution in [0.5, 0.6) is 0 Å². The number of carbonyl (C=O) groups excluding carboxylic acids is 1. The number of nitrogens with one attached hydrogen (secondary N) is 1. The van der Waals surface area contributed by atoms with Crippen LogP contribution >= 0.6 is 0 Å². The van der Waals surface area contributed by atoms with Gasteiger partial charge in [-0.3, -0.25) is 0 Å². The topological polar surface area (TPSA) is 52.6 Å².